The number of nitrogens with one attached hydrogen (secondary N) is 2. The third-order valence-corrected chi connectivity index (χ3v) is 3.11. The van der Waals surface area contributed by atoms with Gasteiger partial charge in [0.15, 0.2) is 0 Å². The highest BCUT2D eigenvalue weighted by atomic mass is 35.5. The summed E-state index contributed by atoms with van der Waals surface area (Å²) in [7, 11) is 0. The van der Waals surface area contributed by atoms with Crippen molar-refractivity contribution in [3.8, 4) is 0 Å². The normalized spacial score (nSPS) is 18.0. The SMILES string of the molecule is CC(C)(C)OC(=O)NNC1Cc2ccc(Cl)cc2C1. The molecule has 0 spiro atoms. The van der Waals surface area contributed by atoms with Crippen LogP contribution in [0.3, 0.4) is 0 Å². The van der Waals surface area contributed by atoms with Crippen LogP contribution in [0.2, 0.25) is 5.02 Å². The summed E-state index contributed by atoms with van der Waals surface area (Å²) in [5.41, 5.74) is 7.60. The molecule has 1 aliphatic carbocycles. The lowest BCUT2D eigenvalue weighted by Crippen LogP contribution is -2.46. The second-order valence-corrected chi connectivity index (χ2v) is 6.23. The molecule has 5 heteroatoms. The predicted octanol–water partition coefficient (Wildman–Crippen LogP) is 2.84. The van der Waals surface area contributed by atoms with Gasteiger partial charge in [0.25, 0.3) is 0 Å². The maximum absolute atomic E-state index is 11.5. The summed E-state index contributed by atoms with van der Waals surface area (Å²) in [4.78, 5) is 11.5. The van der Waals surface area contributed by atoms with E-state index >= 15 is 0 Å². The summed E-state index contributed by atoms with van der Waals surface area (Å²) in [6.45, 7) is 5.50. The van der Waals surface area contributed by atoms with Crippen LogP contribution in [0.5, 0.6) is 0 Å². The number of amides is 1. The number of halogens is 1. The number of hydrazine groups is 1. The van der Waals surface area contributed by atoms with Crippen molar-refractivity contribution in [1.29, 1.82) is 0 Å². The van der Waals surface area contributed by atoms with E-state index < -0.39 is 11.7 Å². The highest BCUT2D eigenvalue weighted by molar-refractivity contribution is 6.30. The standard InChI is InChI=1S/C14H19ClN2O2/c1-14(2,3)19-13(18)17-16-12-7-9-4-5-11(15)6-10(9)8-12/h4-6,12,16H,7-8H2,1-3H3,(H,17,18). The van der Waals surface area contributed by atoms with Gasteiger partial charge in [0.1, 0.15) is 5.60 Å². The van der Waals surface area contributed by atoms with Gasteiger partial charge in [0, 0.05) is 11.1 Å². The first-order valence-electron chi connectivity index (χ1n) is 6.35. The molecule has 0 aliphatic heterocycles. The number of carbonyl (C=O) groups is 1. The Balaban J connectivity index is 1.83. The summed E-state index contributed by atoms with van der Waals surface area (Å²) in [6.07, 6.45) is 1.27. The molecule has 1 amide bonds. The Hall–Kier alpha value is -1.26. The number of ether oxygens (including phenoxy) is 1. The van der Waals surface area contributed by atoms with Crippen molar-refractivity contribution in [2.75, 3.05) is 0 Å². The molecule has 4 nitrogen and oxygen atoms in total. The molecule has 0 heterocycles. The van der Waals surface area contributed by atoms with Gasteiger partial charge in [-0.1, -0.05) is 17.7 Å². The minimum Gasteiger partial charge on any atom is -0.443 e. The van der Waals surface area contributed by atoms with Gasteiger partial charge in [-0.3, -0.25) is 5.43 Å². The molecule has 1 unspecified atom stereocenters. The molecule has 1 aromatic rings. The summed E-state index contributed by atoms with van der Waals surface area (Å²) >= 11 is 5.96. The second-order valence-electron chi connectivity index (χ2n) is 5.79. The molecule has 0 saturated carbocycles. The van der Waals surface area contributed by atoms with Gasteiger partial charge in [-0.05, 0) is 56.9 Å². The number of benzene rings is 1. The van der Waals surface area contributed by atoms with E-state index in [1.165, 1.54) is 11.1 Å². The Morgan fingerprint density at radius 1 is 1.32 bits per heavy atom. The largest absolute Gasteiger partial charge is 0.443 e. The molecular weight excluding hydrogens is 264 g/mol. The summed E-state index contributed by atoms with van der Waals surface area (Å²) in [5.74, 6) is 0. The van der Waals surface area contributed by atoms with Crippen molar-refractivity contribution >= 4 is 17.7 Å². The van der Waals surface area contributed by atoms with E-state index in [1.54, 1.807) is 0 Å². The fourth-order valence-corrected chi connectivity index (χ4v) is 2.35. The van der Waals surface area contributed by atoms with Gasteiger partial charge in [-0.2, -0.15) is 0 Å². The summed E-state index contributed by atoms with van der Waals surface area (Å²) in [6, 6.07) is 6.09. The highest BCUT2D eigenvalue weighted by Crippen LogP contribution is 2.25. The molecular formula is C14H19ClN2O2. The van der Waals surface area contributed by atoms with Crippen molar-refractivity contribution in [1.82, 2.24) is 10.9 Å². The molecule has 0 bridgehead atoms. The van der Waals surface area contributed by atoms with Crippen LogP contribution in [-0.4, -0.2) is 17.7 Å². The van der Waals surface area contributed by atoms with Gasteiger partial charge in [-0.15, -0.1) is 0 Å². The Kier molecular flexibility index (Phi) is 4.02. The van der Waals surface area contributed by atoms with E-state index in [1.807, 2.05) is 39.0 Å². The first-order valence-corrected chi connectivity index (χ1v) is 6.73. The molecule has 0 saturated heterocycles. The lowest BCUT2D eigenvalue weighted by atomic mass is 10.1. The zero-order valence-electron chi connectivity index (χ0n) is 11.4. The van der Waals surface area contributed by atoms with Crippen LogP contribution in [0, 0.1) is 0 Å². The minimum atomic E-state index is -0.488. The molecule has 0 aromatic heterocycles. The average molecular weight is 283 g/mol. The number of fused-ring (bicyclic) bond motifs is 1. The van der Waals surface area contributed by atoms with Crippen molar-refractivity contribution in [3.63, 3.8) is 0 Å². The molecule has 0 fully saturated rings. The number of rotatable bonds is 2. The van der Waals surface area contributed by atoms with Gasteiger partial charge in [0.05, 0.1) is 0 Å². The Bertz CT molecular complexity index is 483. The van der Waals surface area contributed by atoms with Crippen LogP contribution in [0.25, 0.3) is 0 Å². The Morgan fingerprint density at radius 3 is 2.68 bits per heavy atom. The smallest absolute Gasteiger partial charge is 0.422 e. The molecule has 1 aliphatic rings. The quantitative estimate of drug-likeness (QED) is 0.820. The van der Waals surface area contributed by atoms with E-state index in [-0.39, 0.29) is 6.04 Å². The lowest BCUT2D eigenvalue weighted by Gasteiger charge is -2.21. The lowest BCUT2D eigenvalue weighted by molar-refractivity contribution is 0.0488. The highest BCUT2D eigenvalue weighted by Gasteiger charge is 2.23. The van der Waals surface area contributed by atoms with Crippen molar-refractivity contribution in [2.24, 2.45) is 0 Å². The molecule has 2 rings (SSSR count). The third-order valence-electron chi connectivity index (χ3n) is 2.88. The maximum atomic E-state index is 11.5. The van der Waals surface area contributed by atoms with Crippen LogP contribution in [0.4, 0.5) is 4.79 Å². The summed E-state index contributed by atoms with van der Waals surface area (Å²) in [5, 5.41) is 0.750. The fourth-order valence-electron chi connectivity index (χ4n) is 2.15. The van der Waals surface area contributed by atoms with Crippen molar-refractivity contribution < 1.29 is 9.53 Å². The second kappa shape index (κ2) is 5.39. The molecule has 1 aromatic carbocycles. The number of hydrogen-bond acceptors (Lipinski definition) is 3. The monoisotopic (exact) mass is 282 g/mol. The average Bonchev–Trinajstić information content (AvgIpc) is 2.66. The first kappa shape index (κ1) is 14.2. The van der Waals surface area contributed by atoms with E-state index in [0.717, 1.165) is 17.9 Å². The van der Waals surface area contributed by atoms with E-state index in [0.29, 0.717) is 0 Å². The molecule has 0 radical (unpaired) electrons. The van der Waals surface area contributed by atoms with E-state index in [9.17, 15) is 4.79 Å². The molecule has 1 atom stereocenters. The van der Waals surface area contributed by atoms with Crippen LogP contribution in [0.1, 0.15) is 31.9 Å². The Morgan fingerprint density at radius 2 is 2.00 bits per heavy atom. The third kappa shape index (κ3) is 4.11. The van der Waals surface area contributed by atoms with Crippen LogP contribution in [0.15, 0.2) is 18.2 Å². The number of hydrogen-bond donors (Lipinski definition) is 2. The fraction of sp³-hybridized carbons (Fsp3) is 0.500. The maximum Gasteiger partial charge on any atom is 0.422 e. The minimum absolute atomic E-state index is 0.181. The van der Waals surface area contributed by atoms with Crippen LogP contribution < -0.4 is 10.9 Å². The van der Waals surface area contributed by atoms with Crippen LogP contribution >= 0.6 is 11.6 Å². The number of carbonyl (C=O) groups excluding carboxylic acids is 1. The molecule has 104 valence electrons. The van der Waals surface area contributed by atoms with Crippen LogP contribution in [-0.2, 0) is 17.6 Å². The van der Waals surface area contributed by atoms with Gasteiger partial charge < -0.3 is 4.74 Å². The zero-order chi connectivity index (χ0) is 14.0. The first-order chi connectivity index (χ1) is 8.83. The predicted molar refractivity (Wildman–Crippen MR) is 75.2 cm³/mol. The Labute approximate surface area is 118 Å². The van der Waals surface area contributed by atoms with Crippen molar-refractivity contribution in [3.05, 3.63) is 34.3 Å². The van der Waals surface area contributed by atoms with Gasteiger partial charge >= 0.3 is 6.09 Å². The molecule has 19 heavy (non-hydrogen) atoms. The summed E-state index contributed by atoms with van der Waals surface area (Å²) < 4.78 is 5.16. The molecule has 2 N–H and O–H groups in total. The zero-order valence-corrected chi connectivity index (χ0v) is 12.2. The van der Waals surface area contributed by atoms with E-state index in [2.05, 4.69) is 10.9 Å². The van der Waals surface area contributed by atoms with Gasteiger partial charge in [0.2, 0.25) is 0 Å². The van der Waals surface area contributed by atoms with E-state index in [4.69, 9.17) is 16.3 Å². The topological polar surface area (TPSA) is 50.4 Å². The van der Waals surface area contributed by atoms with Crippen molar-refractivity contribution in [2.45, 2.75) is 45.3 Å². The van der Waals surface area contributed by atoms with Gasteiger partial charge in [-0.25, -0.2) is 10.2 Å².